The van der Waals surface area contributed by atoms with Crippen LogP contribution in [0.4, 0.5) is 23.7 Å². The number of hydrogen-bond donors (Lipinski definition) is 2. The number of nitrogens with zero attached hydrogens (tertiary/aromatic N) is 2. The van der Waals surface area contributed by atoms with Crippen LogP contribution in [-0.4, -0.2) is 52.6 Å². The number of ether oxygens (including phenoxy) is 2. The van der Waals surface area contributed by atoms with Crippen molar-refractivity contribution in [2.75, 3.05) is 18.2 Å². The van der Waals surface area contributed by atoms with E-state index in [0.29, 0.717) is 17.5 Å². The average molecular weight is 488 g/mol. The van der Waals surface area contributed by atoms with E-state index in [0.717, 1.165) is 7.11 Å². The molecule has 0 fully saturated rings. The maximum Gasteiger partial charge on any atom is 0.408 e. The molecule has 2 amide bonds. The molecule has 1 aliphatic heterocycles. The van der Waals surface area contributed by atoms with Crippen molar-refractivity contribution in [2.24, 2.45) is 0 Å². The zero-order chi connectivity index (χ0) is 24.6. The molecule has 0 spiro atoms. The molecule has 0 radical (unpaired) electrons. The SMILES string of the molecule is COC(F)(c1nnc(-c2ccc3c(c2)NC(=O)[C@@H](NC(=O)OC(C)(C)C)CS3)o1)C(C)(F)F. The number of aromatic nitrogens is 2. The predicted molar refractivity (Wildman–Crippen MR) is 113 cm³/mol. The Labute approximate surface area is 191 Å². The van der Waals surface area contributed by atoms with Crippen LogP contribution in [0.15, 0.2) is 27.5 Å². The summed E-state index contributed by atoms with van der Waals surface area (Å²) in [4.78, 5) is 25.3. The van der Waals surface area contributed by atoms with Gasteiger partial charge >= 0.3 is 17.9 Å². The van der Waals surface area contributed by atoms with Crippen molar-refractivity contribution in [1.29, 1.82) is 0 Å². The number of benzene rings is 1. The first-order valence-corrected chi connectivity index (χ1v) is 10.8. The average Bonchev–Trinajstić information content (AvgIpc) is 3.13. The Morgan fingerprint density at radius 2 is 1.94 bits per heavy atom. The van der Waals surface area contributed by atoms with E-state index in [-0.39, 0.29) is 17.2 Å². The number of anilines is 1. The standard InChI is InChI=1S/C20H23F3N4O5S/c1-18(2,3)32-17(29)25-12-9-33-13-7-6-10(8-11(13)24-14(12)28)15-26-27-16(31-15)20(23,30-5)19(4,21)22/h6-8,12H,9H2,1-5H3,(H,24,28)(H,25,29)/t12-,20?/m0/s1. The van der Waals surface area contributed by atoms with Crippen LogP contribution in [0.25, 0.3) is 11.5 Å². The van der Waals surface area contributed by atoms with Gasteiger partial charge in [0.05, 0.1) is 5.69 Å². The molecule has 0 aliphatic carbocycles. The Hall–Kier alpha value is -2.80. The molecule has 3 rings (SSSR count). The number of amides is 2. The van der Waals surface area contributed by atoms with Crippen LogP contribution in [0.3, 0.4) is 0 Å². The summed E-state index contributed by atoms with van der Waals surface area (Å²) in [5, 5.41) is 12.2. The number of carbonyl (C=O) groups excluding carboxylic acids is 2. The molecule has 180 valence electrons. The van der Waals surface area contributed by atoms with Gasteiger partial charge in [0.2, 0.25) is 11.8 Å². The van der Waals surface area contributed by atoms with E-state index < -0.39 is 41.3 Å². The maximum atomic E-state index is 14.6. The number of halogens is 3. The zero-order valence-corrected chi connectivity index (χ0v) is 19.3. The number of alkyl halides is 3. The lowest BCUT2D eigenvalue weighted by molar-refractivity contribution is -0.278. The molecule has 0 bridgehead atoms. The second-order valence-corrected chi connectivity index (χ2v) is 9.37. The molecule has 1 aromatic carbocycles. The van der Waals surface area contributed by atoms with Crippen molar-refractivity contribution in [2.45, 2.75) is 56.0 Å². The Morgan fingerprint density at radius 1 is 1.24 bits per heavy atom. The van der Waals surface area contributed by atoms with Gasteiger partial charge < -0.3 is 24.5 Å². The van der Waals surface area contributed by atoms with Crippen LogP contribution < -0.4 is 10.6 Å². The monoisotopic (exact) mass is 488 g/mol. The number of rotatable bonds is 5. The molecular weight excluding hydrogens is 465 g/mol. The smallest absolute Gasteiger partial charge is 0.408 e. The molecule has 13 heteroatoms. The van der Waals surface area contributed by atoms with E-state index in [4.69, 9.17) is 9.15 Å². The maximum absolute atomic E-state index is 14.6. The molecule has 1 aromatic heterocycles. The number of carbonyl (C=O) groups is 2. The van der Waals surface area contributed by atoms with Gasteiger partial charge in [-0.15, -0.1) is 22.0 Å². The van der Waals surface area contributed by atoms with Crippen molar-refractivity contribution >= 4 is 29.4 Å². The fraction of sp³-hybridized carbons (Fsp3) is 0.500. The quantitative estimate of drug-likeness (QED) is 0.647. The first kappa shape index (κ1) is 24.8. The highest BCUT2D eigenvalue weighted by atomic mass is 32.2. The van der Waals surface area contributed by atoms with Gasteiger partial charge in [0.25, 0.3) is 5.89 Å². The Balaban J connectivity index is 1.80. The summed E-state index contributed by atoms with van der Waals surface area (Å²) < 4.78 is 56.6. The van der Waals surface area contributed by atoms with Gasteiger partial charge in [0, 0.05) is 30.2 Å². The zero-order valence-electron chi connectivity index (χ0n) is 18.5. The lowest BCUT2D eigenvalue weighted by atomic mass is 10.1. The Kier molecular flexibility index (Phi) is 6.67. The van der Waals surface area contributed by atoms with Crippen LogP contribution in [0.2, 0.25) is 0 Å². The molecule has 0 saturated carbocycles. The van der Waals surface area contributed by atoms with Crippen LogP contribution in [0.1, 0.15) is 33.6 Å². The Bertz CT molecular complexity index is 1050. The summed E-state index contributed by atoms with van der Waals surface area (Å²) in [5.74, 6) is -9.07. The first-order chi connectivity index (χ1) is 15.2. The molecule has 2 atom stereocenters. The van der Waals surface area contributed by atoms with Crippen LogP contribution in [-0.2, 0) is 20.1 Å². The third kappa shape index (κ3) is 5.41. The Morgan fingerprint density at radius 3 is 2.55 bits per heavy atom. The molecular formula is C20H23F3N4O5S. The van der Waals surface area contributed by atoms with E-state index in [1.165, 1.54) is 17.8 Å². The molecule has 2 heterocycles. The number of methoxy groups -OCH3 is 1. The third-order valence-electron chi connectivity index (χ3n) is 4.44. The highest BCUT2D eigenvalue weighted by Crippen LogP contribution is 2.42. The summed E-state index contributed by atoms with van der Waals surface area (Å²) in [5.41, 5.74) is -0.0966. The lowest BCUT2D eigenvalue weighted by Crippen LogP contribution is -2.46. The van der Waals surface area contributed by atoms with Gasteiger partial charge in [0.1, 0.15) is 11.6 Å². The number of thioether (sulfide) groups is 1. The number of fused-ring (bicyclic) bond motifs is 1. The summed E-state index contributed by atoms with van der Waals surface area (Å²) in [7, 11) is 0.762. The van der Waals surface area contributed by atoms with Crippen molar-refractivity contribution in [3.05, 3.63) is 24.1 Å². The van der Waals surface area contributed by atoms with E-state index >= 15 is 0 Å². The van der Waals surface area contributed by atoms with E-state index in [9.17, 15) is 22.8 Å². The van der Waals surface area contributed by atoms with Gasteiger partial charge in [-0.1, -0.05) is 0 Å². The normalized spacial score (nSPS) is 18.5. The van der Waals surface area contributed by atoms with Gasteiger partial charge in [-0.3, -0.25) is 4.79 Å². The number of nitrogens with one attached hydrogen (secondary N) is 2. The number of hydrogen-bond acceptors (Lipinski definition) is 8. The van der Waals surface area contributed by atoms with Gasteiger partial charge in [-0.2, -0.15) is 13.2 Å². The van der Waals surface area contributed by atoms with Crippen LogP contribution >= 0.6 is 11.8 Å². The minimum absolute atomic E-state index is 0.242. The van der Waals surface area contributed by atoms with Gasteiger partial charge in [-0.25, -0.2) is 4.79 Å². The second-order valence-electron chi connectivity index (χ2n) is 8.31. The first-order valence-electron chi connectivity index (χ1n) is 9.77. The molecule has 0 saturated heterocycles. The highest BCUT2D eigenvalue weighted by molar-refractivity contribution is 7.99. The van der Waals surface area contributed by atoms with Crippen molar-refractivity contribution in [3.63, 3.8) is 0 Å². The predicted octanol–water partition coefficient (Wildman–Crippen LogP) is 4.10. The minimum Gasteiger partial charge on any atom is -0.444 e. The topological polar surface area (TPSA) is 116 Å². The summed E-state index contributed by atoms with van der Waals surface area (Å²) in [6, 6.07) is 3.80. The highest BCUT2D eigenvalue weighted by Gasteiger charge is 2.58. The van der Waals surface area contributed by atoms with E-state index in [2.05, 4.69) is 25.6 Å². The largest absolute Gasteiger partial charge is 0.444 e. The van der Waals surface area contributed by atoms with Crippen LogP contribution in [0, 0.1) is 0 Å². The third-order valence-corrected chi connectivity index (χ3v) is 5.61. The van der Waals surface area contributed by atoms with Gasteiger partial charge in [-0.05, 0) is 39.0 Å². The number of alkyl carbamates (subject to hydrolysis) is 1. The molecule has 33 heavy (non-hydrogen) atoms. The van der Waals surface area contributed by atoms with Crippen molar-refractivity contribution < 1.29 is 36.7 Å². The van der Waals surface area contributed by atoms with E-state index in [1.807, 2.05) is 0 Å². The van der Waals surface area contributed by atoms with Gasteiger partial charge in [0.15, 0.2) is 0 Å². The molecule has 1 unspecified atom stereocenters. The van der Waals surface area contributed by atoms with Crippen molar-refractivity contribution in [1.82, 2.24) is 15.5 Å². The minimum atomic E-state index is -3.94. The fourth-order valence-corrected chi connectivity index (χ4v) is 3.85. The molecule has 9 nitrogen and oxygen atoms in total. The molecule has 2 aromatic rings. The molecule has 2 N–H and O–H groups in total. The van der Waals surface area contributed by atoms with E-state index in [1.54, 1.807) is 32.9 Å². The summed E-state index contributed by atoms with van der Waals surface area (Å²) in [6.07, 6.45) is -0.728. The fourth-order valence-electron chi connectivity index (χ4n) is 2.84. The summed E-state index contributed by atoms with van der Waals surface area (Å²) in [6.45, 7) is 5.44. The molecule has 1 aliphatic rings. The lowest BCUT2D eigenvalue weighted by Gasteiger charge is -2.25. The van der Waals surface area contributed by atoms with Crippen LogP contribution in [0.5, 0.6) is 0 Å². The summed E-state index contributed by atoms with van der Waals surface area (Å²) >= 11 is 1.30. The van der Waals surface area contributed by atoms with Crippen molar-refractivity contribution in [3.8, 4) is 11.5 Å². The second kappa shape index (κ2) is 8.86.